The molecule has 0 fully saturated rings. The standard InChI is InChI=1S/C15H19O5/c1-10-11(8-6-4-5-7-9-16)13(18)15(20-3)14(19-2)12(10)17/h4-8H2,1-3H3. The highest BCUT2D eigenvalue weighted by Gasteiger charge is 2.34. The molecule has 0 aromatic rings. The van der Waals surface area contributed by atoms with Gasteiger partial charge in [0.1, 0.15) is 0 Å². The van der Waals surface area contributed by atoms with E-state index in [1.54, 1.807) is 6.92 Å². The molecule has 0 saturated carbocycles. The summed E-state index contributed by atoms with van der Waals surface area (Å²) in [6, 6.07) is 0. The minimum absolute atomic E-state index is 0.0284. The fourth-order valence-electron chi connectivity index (χ4n) is 2.17. The van der Waals surface area contributed by atoms with Crippen molar-refractivity contribution in [1.82, 2.24) is 0 Å². The van der Waals surface area contributed by atoms with Gasteiger partial charge in [0.2, 0.25) is 23.1 Å². The molecule has 0 N–H and O–H groups in total. The second-order valence-electron chi connectivity index (χ2n) is 4.53. The first-order valence-corrected chi connectivity index (χ1v) is 6.54. The van der Waals surface area contributed by atoms with E-state index in [1.807, 2.05) is 6.29 Å². The SMILES string of the molecule is COC1=C(OC)C(=O)C(CCCCC[C]=O)=C(C)C1=O. The van der Waals surface area contributed by atoms with Crippen LogP contribution in [0.25, 0.3) is 0 Å². The minimum Gasteiger partial charge on any atom is -0.489 e. The number of carbonyl (C=O) groups is 2. The molecule has 20 heavy (non-hydrogen) atoms. The number of carbonyl (C=O) groups excluding carboxylic acids is 3. The van der Waals surface area contributed by atoms with Gasteiger partial charge >= 0.3 is 0 Å². The van der Waals surface area contributed by atoms with Crippen molar-refractivity contribution in [1.29, 1.82) is 0 Å². The van der Waals surface area contributed by atoms with Crippen LogP contribution in [0.4, 0.5) is 0 Å². The van der Waals surface area contributed by atoms with Gasteiger partial charge in [0, 0.05) is 17.6 Å². The van der Waals surface area contributed by atoms with Gasteiger partial charge in [-0.2, -0.15) is 0 Å². The van der Waals surface area contributed by atoms with Crippen molar-refractivity contribution in [2.24, 2.45) is 0 Å². The Morgan fingerprint density at radius 2 is 1.55 bits per heavy atom. The molecule has 0 spiro atoms. The van der Waals surface area contributed by atoms with Gasteiger partial charge in [0.15, 0.2) is 6.29 Å². The highest BCUT2D eigenvalue weighted by molar-refractivity contribution is 6.23. The van der Waals surface area contributed by atoms with Crippen LogP contribution in [-0.4, -0.2) is 32.1 Å². The van der Waals surface area contributed by atoms with Crippen LogP contribution in [0, 0.1) is 0 Å². The Bertz CT molecular complexity index is 471. The molecule has 109 valence electrons. The number of Topliss-reactive ketones (excluding diaryl/α,β-unsaturated/α-hetero) is 2. The van der Waals surface area contributed by atoms with E-state index in [0.29, 0.717) is 24.0 Å². The zero-order valence-electron chi connectivity index (χ0n) is 12.1. The van der Waals surface area contributed by atoms with Crippen molar-refractivity contribution in [2.75, 3.05) is 14.2 Å². The maximum absolute atomic E-state index is 12.3. The Morgan fingerprint density at radius 3 is 2.10 bits per heavy atom. The van der Waals surface area contributed by atoms with E-state index < -0.39 is 0 Å². The summed E-state index contributed by atoms with van der Waals surface area (Å²) in [7, 11) is 2.69. The third-order valence-corrected chi connectivity index (χ3v) is 3.30. The van der Waals surface area contributed by atoms with E-state index in [2.05, 4.69) is 0 Å². The molecular weight excluding hydrogens is 260 g/mol. The maximum Gasteiger partial charge on any atom is 0.228 e. The third kappa shape index (κ3) is 3.35. The maximum atomic E-state index is 12.3. The minimum atomic E-state index is -0.305. The molecule has 1 aliphatic carbocycles. The Kier molecular flexibility index (Phi) is 6.15. The molecular formula is C15H19O5. The summed E-state index contributed by atoms with van der Waals surface area (Å²) < 4.78 is 9.96. The van der Waals surface area contributed by atoms with Crippen LogP contribution in [0.5, 0.6) is 0 Å². The number of allylic oxidation sites excluding steroid dienone is 2. The molecule has 0 amide bonds. The summed E-state index contributed by atoms with van der Waals surface area (Å²) in [5, 5.41) is 0. The molecule has 0 heterocycles. The Morgan fingerprint density at radius 1 is 0.950 bits per heavy atom. The van der Waals surface area contributed by atoms with Crippen LogP contribution in [0.1, 0.15) is 39.0 Å². The smallest absolute Gasteiger partial charge is 0.228 e. The van der Waals surface area contributed by atoms with E-state index in [-0.39, 0.29) is 23.1 Å². The van der Waals surface area contributed by atoms with E-state index in [9.17, 15) is 14.4 Å². The fourth-order valence-corrected chi connectivity index (χ4v) is 2.17. The fraction of sp³-hybridized carbons (Fsp3) is 0.533. The van der Waals surface area contributed by atoms with Crippen LogP contribution in [0.3, 0.4) is 0 Å². The average molecular weight is 279 g/mol. The second kappa shape index (κ2) is 7.62. The van der Waals surface area contributed by atoms with Crippen LogP contribution >= 0.6 is 0 Å². The molecule has 5 heteroatoms. The van der Waals surface area contributed by atoms with Crippen LogP contribution in [0.15, 0.2) is 22.7 Å². The number of hydrogen-bond donors (Lipinski definition) is 0. The Hall–Kier alpha value is -1.91. The molecule has 1 radical (unpaired) electrons. The lowest BCUT2D eigenvalue weighted by atomic mass is 9.89. The summed E-state index contributed by atoms with van der Waals surface area (Å²) in [5.41, 5.74) is 0.886. The second-order valence-corrected chi connectivity index (χ2v) is 4.53. The van der Waals surface area contributed by atoms with E-state index in [4.69, 9.17) is 9.47 Å². The molecule has 1 rings (SSSR count). The van der Waals surface area contributed by atoms with Gasteiger partial charge in [-0.3, -0.25) is 14.4 Å². The zero-order chi connectivity index (χ0) is 15.1. The summed E-state index contributed by atoms with van der Waals surface area (Å²) in [5.74, 6) is -0.655. The lowest BCUT2D eigenvalue weighted by Gasteiger charge is -2.20. The third-order valence-electron chi connectivity index (χ3n) is 3.30. The molecule has 0 aliphatic heterocycles. The number of hydrogen-bond acceptors (Lipinski definition) is 5. The van der Waals surface area contributed by atoms with E-state index >= 15 is 0 Å². The van der Waals surface area contributed by atoms with E-state index in [1.165, 1.54) is 14.2 Å². The largest absolute Gasteiger partial charge is 0.489 e. The molecule has 0 aromatic heterocycles. The number of ketones is 2. The summed E-state index contributed by atoms with van der Waals surface area (Å²) in [4.78, 5) is 34.5. The van der Waals surface area contributed by atoms with Crippen LogP contribution in [-0.2, 0) is 23.9 Å². The van der Waals surface area contributed by atoms with Gasteiger partial charge < -0.3 is 9.47 Å². The number of ether oxygens (including phenoxy) is 2. The van der Waals surface area contributed by atoms with Gasteiger partial charge in [0.25, 0.3) is 0 Å². The highest BCUT2D eigenvalue weighted by atomic mass is 16.5. The number of rotatable bonds is 8. The van der Waals surface area contributed by atoms with Crippen molar-refractivity contribution in [3.05, 3.63) is 22.7 Å². The van der Waals surface area contributed by atoms with Crippen LogP contribution in [0.2, 0.25) is 0 Å². The van der Waals surface area contributed by atoms with Crippen molar-refractivity contribution >= 4 is 17.9 Å². The molecule has 1 aliphatic rings. The number of unbranched alkanes of at least 4 members (excludes halogenated alkanes) is 3. The summed E-state index contributed by atoms with van der Waals surface area (Å²) in [6.45, 7) is 1.63. The van der Waals surface area contributed by atoms with Gasteiger partial charge in [-0.05, 0) is 26.2 Å². The average Bonchev–Trinajstić information content (AvgIpc) is 2.45. The highest BCUT2D eigenvalue weighted by Crippen LogP contribution is 2.28. The first-order valence-electron chi connectivity index (χ1n) is 6.54. The van der Waals surface area contributed by atoms with Gasteiger partial charge in [-0.15, -0.1) is 0 Å². The van der Waals surface area contributed by atoms with E-state index in [0.717, 1.165) is 19.3 Å². The topological polar surface area (TPSA) is 69.7 Å². The molecule has 0 atom stereocenters. The molecule has 0 saturated heterocycles. The molecule has 0 aromatic carbocycles. The predicted octanol–water partition coefficient (Wildman–Crippen LogP) is 2.02. The monoisotopic (exact) mass is 279 g/mol. The lowest BCUT2D eigenvalue weighted by molar-refractivity contribution is -0.121. The van der Waals surface area contributed by atoms with Crippen molar-refractivity contribution in [2.45, 2.75) is 39.0 Å². The zero-order valence-corrected chi connectivity index (χ0v) is 12.1. The predicted molar refractivity (Wildman–Crippen MR) is 72.5 cm³/mol. The van der Waals surface area contributed by atoms with Crippen LogP contribution < -0.4 is 0 Å². The Balaban J connectivity index is 2.81. The van der Waals surface area contributed by atoms with Crippen molar-refractivity contribution in [3.63, 3.8) is 0 Å². The number of methoxy groups -OCH3 is 2. The van der Waals surface area contributed by atoms with Gasteiger partial charge in [-0.25, -0.2) is 0 Å². The van der Waals surface area contributed by atoms with Crippen molar-refractivity contribution in [3.8, 4) is 0 Å². The summed E-state index contributed by atoms with van der Waals surface area (Å²) in [6.07, 6.45) is 5.04. The Labute approximate surface area is 118 Å². The molecule has 5 nitrogen and oxygen atoms in total. The quantitative estimate of drug-likeness (QED) is 0.502. The molecule has 0 bridgehead atoms. The lowest BCUT2D eigenvalue weighted by Crippen LogP contribution is -2.25. The first-order chi connectivity index (χ1) is 9.58. The van der Waals surface area contributed by atoms with Gasteiger partial charge in [0.05, 0.1) is 14.2 Å². The van der Waals surface area contributed by atoms with Crippen molar-refractivity contribution < 1.29 is 23.9 Å². The molecule has 0 unspecified atom stereocenters. The normalized spacial score (nSPS) is 15.8. The first kappa shape index (κ1) is 16.1. The van der Waals surface area contributed by atoms with Gasteiger partial charge in [-0.1, -0.05) is 6.42 Å². The summed E-state index contributed by atoms with van der Waals surface area (Å²) >= 11 is 0.